The van der Waals surface area contributed by atoms with E-state index in [9.17, 15) is 13.9 Å². The van der Waals surface area contributed by atoms with Crippen molar-refractivity contribution in [1.82, 2.24) is 0 Å². The van der Waals surface area contributed by atoms with Gasteiger partial charge in [0.25, 0.3) is 0 Å². The van der Waals surface area contributed by atoms with Crippen LogP contribution in [-0.4, -0.2) is 24.4 Å². The van der Waals surface area contributed by atoms with Gasteiger partial charge in [-0.25, -0.2) is 8.78 Å². The van der Waals surface area contributed by atoms with Crippen molar-refractivity contribution < 1.29 is 18.6 Å². The van der Waals surface area contributed by atoms with E-state index < -0.39 is 11.9 Å². The summed E-state index contributed by atoms with van der Waals surface area (Å²) < 4.78 is 31.6. The van der Waals surface area contributed by atoms with Gasteiger partial charge in [0, 0.05) is 12.2 Å². The number of ether oxygens (including phenoxy) is 1. The topological polar surface area (TPSA) is 41.5 Å². The van der Waals surface area contributed by atoms with Gasteiger partial charge in [0.15, 0.2) is 11.6 Å². The molecule has 0 amide bonds. The number of nitrogens with one attached hydrogen (secondary N) is 1. The molecule has 0 aliphatic rings. The summed E-state index contributed by atoms with van der Waals surface area (Å²) in [5.41, 5.74) is 1.48. The van der Waals surface area contributed by atoms with Crippen LogP contribution in [0.5, 0.6) is 5.75 Å². The van der Waals surface area contributed by atoms with E-state index in [-0.39, 0.29) is 24.7 Å². The van der Waals surface area contributed by atoms with E-state index in [2.05, 4.69) is 5.32 Å². The Bertz CT molecular complexity index is 605. The molecule has 0 aliphatic carbocycles. The molecule has 0 radical (unpaired) electrons. The summed E-state index contributed by atoms with van der Waals surface area (Å²) >= 11 is 0. The molecule has 0 saturated carbocycles. The van der Waals surface area contributed by atoms with Gasteiger partial charge < -0.3 is 15.2 Å². The van der Waals surface area contributed by atoms with Crippen molar-refractivity contribution in [2.75, 3.05) is 18.5 Å². The molecule has 5 heteroatoms. The fraction of sp³-hybridized carbons (Fsp3) is 0.250. The van der Waals surface area contributed by atoms with E-state index in [1.165, 1.54) is 24.3 Å². The fourth-order valence-electron chi connectivity index (χ4n) is 1.82. The SMILES string of the molecule is Cc1ccc(F)cc1NCC(O)COc1ccccc1F. The minimum absolute atomic E-state index is 0.0533. The van der Waals surface area contributed by atoms with Gasteiger partial charge in [-0.3, -0.25) is 0 Å². The molecular formula is C16H17F2NO2. The number of rotatable bonds is 6. The zero-order valence-corrected chi connectivity index (χ0v) is 11.6. The lowest BCUT2D eigenvalue weighted by molar-refractivity contribution is 0.115. The summed E-state index contributed by atoms with van der Waals surface area (Å²) in [6, 6.07) is 10.4. The van der Waals surface area contributed by atoms with E-state index in [0.717, 1.165) is 5.56 Å². The molecular weight excluding hydrogens is 276 g/mol. The average molecular weight is 293 g/mol. The smallest absolute Gasteiger partial charge is 0.165 e. The van der Waals surface area contributed by atoms with Crippen LogP contribution in [0.1, 0.15) is 5.56 Å². The Kier molecular flexibility index (Phi) is 5.11. The third-order valence-electron chi connectivity index (χ3n) is 3.00. The first-order chi connectivity index (χ1) is 10.1. The van der Waals surface area contributed by atoms with Crippen LogP contribution in [-0.2, 0) is 0 Å². The van der Waals surface area contributed by atoms with Crippen LogP contribution in [0, 0.1) is 18.6 Å². The number of hydrogen-bond donors (Lipinski definition) is 2. The van der Waals surface area contributed by atoms with Crippen molar-refractivity contribution in [2.24, 2.45) is 0 Å². The maximum atomic E-state index is 13.3. The van der Waals surface area contributed by atoms with Gasteiger partial charge in [-0.2, -0.15) is 0 Å². The number of benzene rings is 2. The van der Waals surface area contributed by atoms with Crippen molar-refractivity contribution >= 4 is 5.69 Å². The molecule has 0 aliphatic heterocycles. The quantitative estimate of drug-likeness (QED) is 0.860. The van der Waals surface area contributed by atoms with Crippen LogP contribution < -0.4 is 10.1 Å². The van der Waals surface area contributed by atoms with Gasteiger partial charge in [-0.15, -0.1) is 0 Å². The molecule has 2 aromatic rings. The molecule has 3 nitrogen and oxygen atoms in total. The van der Waals surface area contributed by atoms with Gasteiger partial charge in [0.05, 0.1) is 0 Å². The molecule has 2 N–H and O–H groups in total. The van der Waals surface area contributed by atoms with Crippen molar-refractivity contribution in [1.29, 1.82) is 0 Å². The van der Waals surface area contributed by atoms with Gasteiger partial charge in [0.2, 0.25) is 0 Å². The number of halogens is 2. The first-order valence-corrected chi connectivity index (χ1v) is 6.61. The lowest BCUT2D eigenvalue weighted by atomic mass is 10.2. The molecule has 0 aromatic heterocycles. The van der Waals surface area contributed by atoms with Crippen LogP contribution in [0.15, 0.2) is 42.5 Å². The summed E-state index contributed by atoms with van der Waals surface area (Å²) in [7, 11) is 0. The highest BCUT2D eigenvalue weighted by molar-refractivity contribution is 5.50. The number of hydrogen-bond acceptors (Lipinski definition) is 3. The van der Waals surface area contributed by atoms with Crippen molar-refractivity contribution in [3.8, 4) is 5.75 Å². The Morgan fingerprint density at radius 3 is 2.71 bits per heavy atom. The van der Waals surface area contributed by atoms with E-state index >= 15 is 0 Å². The monoisotopic (exact) mass is 293 g/mol. The summed E-state index contributed by atoms with van der Waals surface area (Å²) in [6.07, 6.45) is -0.840. The maximum Gasteiger partial charge on any atom is 0.165 e. The van der Waals surface area contributed by atoms with Crippen molar-refractivity contribution in [3.05, 3.63) is 59.7 Å². The molecule has 1 unspecified atom stereocenters. The number of aryl methyl sites for hydroxylation is 1. The van der Waals surface area contributed by atoms with Gasteiger partial charge >= 0.3 is 0 Å². The zero-order chi connectivity index (χ0) is 15.2. The first-order valence-electron chi connectivity index (χ1n) is 6.61. The highest BCUT2D eigenvalue weighted by Gasteiger charge is 2.09. The third-order valence-corrected chi connectivity index (χ3v) is 3.00. The minimum Gasteiger partial charge on any atom is -0.488 e. The Labute approximate surface area is 122 Å². The second-order valence-corrected chi connectivity index (χ2v) is 4.74. The Hall–Kier alpha value is -2.14. The predicted molar refractivity (Wildman–Crippen MR) is 77.5 cm³/mol. The summed E-state index contributed by atoms with van der Waals surface area (Å²) in [5, 5.41) is 12.8. The standard InChI is InChI=1S/C16H17F2NO2/c1-11-6-7-12(17)8-15(11)19-9-13(20)10-21-16-5-3-2-4-14(16)18/h2-8,13,19-20H,9-10H2,1H3. The zero-order valence-electron chi connectivity index (χ0n) is 11.6. The van der Waals surface area contributed by atoms with Crippen molar-refractivity contribution in [3.63, 3.8) is 0 Å². The summed E-state index contributed by atoms with van der Waals surface area (Å²) in [5.74, 6) is -0.725. The number of aliphatic hydroxyl groups excluding tert-OH is 1. The molecule has 0 spiro atoms. The van der Waals surface area contributed by atoms with Crippen LogP contribution in [0.25, 0.3) is 0 Å². The second kappa shape index (κ2) is 7.04. The van der Waals surface area contributed by atoms with Gasteiger partial charge in [0.1, 0.15) is 18.5 Å². The third kappa shape index (κ3) is 4.43. The van der Waals surface area contributed by atoms with E-state index in [0.29, 0.717) is 5.69 Å². The lowest BCUT2D eigenvalue weighted by Crippen LogP contribution is -2.26. The largest absolute Gasteiger partial charge is 0.488 e. The molecule has 0 bridgehead atoms. The predicted octanol–water partition coefficient (Wildman–Crippen LogP) is 3.13. The molecule has 2 rings (SSSR count). The van der Waals surface area contributed by atoms with E-state index in [4.69, 9.17) is 4.74 Å². The first kappa shape index (κ1) is 15.3. The highest BCUT2D eigenvalue weighted by atomic mass is 19.1. The molecule has 0 saturated heterocycles. The van der Waals surface area contributed by atoms with Crippen LogP contribution in [0.2, 0.25) is 0 Å². The molecule has 0 fully saturated rings. The number of aliphatic hydroxyl groups is 1. The Morgan fingerprint density at radius 2 is 1.95 bits per heavy atom. The Morgan fingerprint density at radius 1 is 1.19 bits per heavy atom. The van der Waals surface area contributed by atoms with Gasteiger partial charge in [-0.05, 0) is 36.8 Å². The highest BCUT2D eigenvalue weighted by Crippen LogP contribution is 2.17. The van der Waals surface area contributed by atoms with E-state index in [1.54, 1.807) is 18.2 Å². The second-order valence-electron chi connectivity index (χ2n) is 4.74. The minimum atomic E-state index is -0.840. The molecule has 112 valence electrons. The fourth-order valence-corrected chi connectivity index (χ4v) is 1.82. The van der Waals surface area contributed by atoms with E-state index in [1.807, 2.05) is 6.92 Å². The lowest BCUT2D eigenvalue weighted by Gasteiger charge is -2.15. The van der Waals surface area contributed by atoms with Crippen molar-refractivity contribution in [2.45, 2.75) is 13.0 Å². The van der Waals surface area contributed by atoms with Crippen LogP contribution >= 0.6 is 0 Å². The van der Waals surface area contributed by atoms with Crippen LogP contribution in [0.4, 0.5) is 14.5 Å². The Balaban J connectivity index is 1.84. The summed E-state index contributed by atoms with van der Waals surface area (Å²) in [4.78, 5) is 0. The van der Waals surface area contributed by atoms with Crippen LogP contribution in [0.3, 0.4) is 0 Å². The number of para-hydroxylation sites is 1. The summed E-state index contributed by atoms with van der Waals surface area (Å²) in [6.45, 7) is 1.96. The van der Waals surface area contributed by atoms with Gasteiger partial charge in [-0.1, -0.05) is 18.2 Å². The normalized spacial score (nSPS) is 12.0. The molecule has 0 heterocycles. The molecule has 2 aromatic carbocycles. The average Bonchev–Trinajstić information content (AvgIpc) is 2.47. The molecule has 21 heavy (non-hydrogen) atoms. The maximum absolute atomic E-state index is 13.3. The molecule has 1 atom stereocenters. The number of anilines is 1.